The molecule has 4 rings (SSSR count). The molecule has 1 aliphatic heterocycles. The van der Waals surface area contributed by atoms with Gasteiger partial charge in [-0.1, -0.05) is 61.5 Å². The van der Waals surface area contributed by atoms with Gasteiger partial charge in [0.1, 0.15) is 24.3 Å². The minimum Gasteiger partial charge on any atom is -0.459 e. The number of esters is 3. The molecule has 7 nitrogen and oxygen atoms in total. The molecular formula is C29H28O7S. The Kier molecular flexibility index (Phi) is 9.35. The molecule has 0 saturated carbocycles. The van der Waals surface area contributed by atoms with Crippen LogP contribution in [0.2, 0.25) is 0 Å². The van der Waals surface area contributed by atoms with Crippen molar-refractivity contribution < 1.29 is 33.3 Å². The predicted octanol–water partition coefficient (Wildman–Crippen LogP) is 5.16. The van der Waals surface area contributed by atoms with Crippen LogP contribution in [0, 0.1) is 0 Å². The van der Waals surface area contributed by atoms with Gasteiger partial charge in [0.15, 0.2) is 6.10 Å². The first kappa shape index (κ1) is 26.4. The van der Waals surface area contributed by atoms with Crippen LogP contribution in [0.25, 0.3) is 0 Å². The Balaban J connectivity index is 1.57. The van der Waals surface area contributed by atoms with Crippen LogP contribution in [-0.2, 0) is 18.9 Å². The van der Waals surface area contributed by atoms with E-state index in [1.54, 1.807) is 91.0 Å². The van der Waals surface area contributed by atoms with Gasteiger partial charge < -0.3 is 18.9 Å². The summed E-state index contributed by atoms with van der Waals surface area (Å²) in [5.41, 5.74) is 0.781. The van der Waals surface area contributed by atoms with Crippen molar-refractivity contribution in [3.63, 3.8) is 0 Å². The standard InChI is InChI=1S/C29H28O7S/c1-2-37-25-18-23(35-28(31)21-14-8-4-9-15-21)26(36-29(32)22-16-10-5-11-17-22)24(34-25)19-33-27(30)20-12-6-3-7-13-20/h3-17,23-26H,2,18-19H2,1H3/t23-,24+,25-,26+/m0/s1. The van der Waals surface area contributed by atoms with E-state index in [9.17, 15) is 14.4 Å². The van der Waals surface area contributed by atoms with Crippen molar-refractivity contribution in [3.8, 4) is 0 Å². The lowest BCUT2D eigenvalue weighted by molar-refractivity contribution is -0.162. The molecule has 8 heteroatoms. The van der Waals surface area contributed by atoms with Gasteiger partial charge in [0, 0.05) is 6.42 Å². The molecule has 0 radical (unpaired) electrons. The van der Waals surface area contributed by atoms with Gasteiger partial charge in [-0.25, -0.2) is 14.4 Å². The van der Waals surface area contributed by atoms with E-state index in [2.05, 4.69) is 0 Å². The molecule has 0 amide bonds. The molecule has 1 aliphatic rings. The number of benzene rings is 3. The van der Waals surface area contributed by atoms with E-state index in [0.29, 0.717) is 23.1 Å². The monoisotopic (exact) mass is 520 g/mol. The summed E-state index contributed by atoms with van der Waals surface area (Å²) in [6.45, 7) is 1.81. The summed E-state index contributed by atoms with van der Waals surface area (Å²) in [6, 6.07) is 25.7. The van der Waals surface area contributed by atoms with Gasteiger partial charge in [0.05, 0.1) is 16.7 Å². The second-order valence-electron chi connectivity index (χ2n) is 8.31. The Bertz CT molecular complexity index is 1170. The predicted molar refractivity (Wildman–Crippen MR) is 139 cm³/mol. The van der Waals surface area contributed by atoms with Crippen molar-refractivity contribution >= 4 is 29.7 Å². The number of ether oxygens (including phenoxy) is 4. The van der Waals surface area contributed by atoms with Crippen LogP contribution in [0.15, 0.2) is 91.0 Å². The van der Waals surface area contributed by atoms with Gasteiger partial charge in [0.25, 0.3) is 0 Å². The van der Waals surface area contributed by atoms with Crippen LogP contribution >= 0.6 is 11.8 Å². The van der Waals surface area contributed by atoms with E-state index in [-0.39, 0.29) is 12.0 Å². The van der Waals surface area contributed by atoms with E-state index in [0.717, 1.165) is 5.75 Å². The lowest BCUT2D eigenvalue weighted by atomic mass is 10.0. The van der Waals surface area contributed by atoms with Crippen molar-refractivity contribution in [1.29, 1.82) is 0 Å². The summed E-state index contributed by atoms with van der Waals surface area (Å²) in [5, 5.41) is 0. The molecule has 0 N–H and O–H groups in total. The maximum atomic E-state index is 13.0. The Labute approximate surface area is 220 Å². The minimum atomic E-state index is -0.988. The Morgan fingerprint density at radius 3 is 1.76 bits per heavy atom. The zero-order valence-electron chi connectivity index (χ0n) is 20.4. The molecule has 4 atom stereocenters. The number of rotatable bonds is 9. The fourth-order valence-electron chi connectivity index (χ4n) is 3.95. The highest BCUT2D eigenvalue weighted by molar-refractivity contribution is 7.99. The van der Waals surface area contributed by atoms with Crippen molar-refractivity contribution in [1.82, 2.24) is 0 Å². The highest BCUT2D eigenvalue weighted by Gasteiger charge is 2.44. The Morgan fingerprint density at radius 2 is 1.24 bits per heavy atom. The lowest BCUT2D eigenvalue weighted by Crippen LogP contribution is -2.53. The maximum Gasteiger partial charge on any atom is 0.338 e. The van der Waals surface area contributed by atoms with Crippen molar-refractivity contribution in [3.05, 3.63) is 108 Å². The first-order chi connectivity index (χ1) is 18.0. The molecular weight excluding hydrogens is 492 g/mol. The Morgan fingerprint density at radius 1 is 0.757 bits per heavy atom. The third-order valence-electron chi connectivity index (χ3n) is 5.75. The van der Waals surface area contributed by atoms with E-state index in [1.165, 1.54) is 11.8 Å². The number of thioether (sulfide) groups is 1. The highest BCUT2D eigenvalue weighted by atomic mass is 32.2. The first-order valence-electron chi connectivity index (χ1n) is 12.1. The van der Waals surface area contributed by atoms with Crippen LogP contribution < -0.4 is 0 Å². The fourth-order valence-corrected chi connectivity index (χ4v) is 4.87. The second kappa shape index (κ2) is 13.1. The van der Waals surface area contributed by atoms with E-state index < -0.39 is 36.2 Å². The molecule has 0 aliphatic carbocycles. The average Bonchev–Trinajstić information content (AvgIpc) is 2.94. The summed E-state index contributed by atoms with van der Waals surface area (Å²) in [7, 11) is 0. The van der Waals surface area contributed by atoms with Crippen molar-refractivity contribution in [2.75, 3.05) is 12.4 Å². The largest absolute Gasteiger partial charge is 0.459 e. The van der Waals surface area contributed by atoms with Gasteiger partial charge in [-0.05, 0) is 42.2 Å². The van der Waals surface area contributed by atoms with Gasteiger partial charge in [-0.15, -0.1) is 11.8 Å². The maximum absolute atomic E-state index is 13.0. The van der Waals surface area contributed by atoms with Gasteiger partial charge in [-0.3, -0.25) is 0 Å². The molecule has 0 unspecified atom stereocenters. The average molecular weight is 521 g/mol. The molecule has 0 spiro atoms. The van der Waals surface area contributed by atoms with Crippen LogP contribution in [0.4, 0.5) is 0 Å². The van der Waals surface area contributed by atoms with E-state index in [4.69, 9.17) is 18.9 Å². The van der Waals surface area contributed by atoms with E-state index in [1.807, 2.05) is 6.92 Å². The summed E-state index contributed by atoms with van der Waals surface area (Å²) in [5.74, 6) is -0.889. The van der Waals surface area contributed by atoms with Gasteiger partial charge >= 0.3 is 17.9 Å². The quantitative estimate of drug-likeness (QED) is 0.282. The summed E-state index contributed by atoms with van der Waals surface area (Å²) >= 11 is 1.54. The van der Waals surface area contributed by atoms with E-state index >= 15 is 0 Å². The first-order valence-corrected chi connectivity index (χ1v) is 13.1. The molecule has 3 aromatic rings. The summed E-state index contributed by atoms with van der Waals surface area (Å²) in [4.78, 5) is 38.5. The van der Waals surface area contributed by atoms with Crippen molar-refractivity contribution in [2.24, 2.45) is 0 Å². The number of hydrogen-bond donors (Lipinski definition) is 0. The fraction of sp³-hybridized carbons (Fsp3) is 0.276. The molecule has 1 heterocycles. The number of hydrogen-bond acceptors (Lipinski definition) is 8. The summed E-state index contributed by atoms with van der Waals surface area (Å²) in [6.07, 6.45) is -2.32. The zero-order chi connectivity index (χ0) is 26.0. The third-order valence-corrected chi connectivity index (χ3v) is 6.75. The number of carbonyl (C=O) groups is 3. The smallest absolute Gasteiger partial charge is 0.338 e. The second-order valence-corrected chi connectivity index (χ2v) is 9.74. The van der Waals surface area contributed by atoms with Gasteiger partial charge in [0.2, 0.25) is 0 Å². The van der Waals surface area contributed by atoms with Crippen LogP contribution in [0.5, 0.6) is 0 Å². The van der Waals surface area contributed by atoms with Crippen LogP contribution in [0.3, 0.4) is 0 Å². The molecule has 0 aromatic heterocycles. The molecule has 1 saturated heterocycles. The zero-order valence-corrected chi connectivity index (χ0v) is 21.2. The van der Waals surface area contributed by atoms with Crippen LogP contribution in [0.1, 0.15) is 44.4 Å². The summed E-state index contributed by atoms with van der Waals surface area (Å²) < 4.78 is 23.5. The molecule has 37 heavy (non-hydrogen) atoms. The molecule has 1 fully saturated rings. The lowest BCUT2D eigenvalue weighted by Gasteiger charge is -2.40. The minimum absolute atomic E-state index is 0.180. The molecule has 192 valence electrons. The molecule has 0 bridgehead atoms. The SMILES string of the molecule is CCS[C@H]1C[C@H](OC(=O)c2ccccc2)[C@@H](OC(=O)c2ccccc2)[C@@H](COC(=O)c2ccccc2)O1. The topological polar surface area (TPSA) is 88.1 Å². The molecule has 3 aromatic carbocycles. The van der Waals surface area contributed by atoms with Crippen molar-refractivity contribution in [2.45, 2.75) is 37.1 Å². The van der Waals surface area contributed by atoms with Gasteiger partial charge in [-0.2, -0.15) is 0 Å². The number of carbonyl (C=O) groups excluding carboxylic acids is 3. The Hall–Kier alpha value is -3.62. The highest BCUT2D eigenvalue weighted by Crippen LogP contribution is 2.32. The third kappa shape index (κ3) is 7.21. The van der Waals surface area contributed by atoms with Crippen LogP contribution in [-0.4, -0.2) is 54.0 Å². The normalized spacial score (nSPS) is 21.0.